The Morgan fingerprint density at radius 1 is 1.19 bits per heavy atom. The first kappa shape index (κ1) is 18.3. The molecule has 8 heteroatoms. The van der Waals surface area contributed by atoms with Crippen molar-refractivity contribution in [2.24, 2.45) is 11.3 Å². The fourth-order valence-electron chi connectivity index (χ4n) is 4.74. The van der Waals surface area contributed by atoms with Gasteiger partial charge in [-0.2, -0.15) is 0 Å². The maximum absolute atomic E-state index is 13.6. The largest absolute Gasteiger partial charge is 0.469 e. The van der Waals surface area contributed by atoms with Crippen molar-refractivity contribution in [1.29, 1.82) is 0 Å². The fraction of sp³-hybridized carbons (Fsp3) is 0.579. The maximum atomic E-state index is 13.6. The number of carbonyl (C=O) groups is 2. The minimum absolute atomic E-state index is 0.178. The molecule has 146 valence electrons. The number of nitrogens with zero attached hydrogens (tertiary/aromatic N) is 1. The number of amides is 1. The highest BCUT2D eigenvalue weighted by Gasteiger charge is 2.59. The van der Waals surface area contributed by atoms with Crippen LogP contribution in [0.1, 0.15) is 25.7 Å². The summed E-state index contributed by atoms with van der Waals surface area (Å²) in [5, 5.41) is 0. The first-order chi connectivity index (χ1) is 12.9. The van der Waals surface area contributed by atoms with Gasteiger partial charge in [0.2, 0.25) is 5.91 Å². The van der Waals surface area contributed by atoms with E-state index in [0.29, 0.717) is 45.4 Å². The number of carbonyl (C=O) groups excluding carboxylic acids is 2. The summed E-state index contributed by atoms with van der Waals surface area (Å²) in [4.78, 5) is 26.9. The molecule has 6 nitrogen and oxygen atoms in total. The van der Waals surface area contributed by atoms with E-state index in [2.05, 4.69) is 0 Å². The van der Waals surface area contributed by atoms with Gasteiger partial charge in [0.1, 0.15) is 11.6 Å². The minimum Gasteiger partial charge on any atom is -0.469 e. The second kappa shape index (κ2) is 6.53. The van der Waals surface area contributed by atoms with Crippen LogP contribution in [0.2, 0.25) is 0 Å². The summed E-state index contributed by atoms with van der Waals surface area (Å²) in [7, 11) is 1.31. The van der Waals surface area contributed by atoms with Gasteiger partial charge in [-0.05, 0) is 25.0 Å². The molecular weight excluding hydrogens is 360 g/mol. The summed E-state index contributed by atoms with van der Waals surface area (Å²) < 4.78 is 43.7. The summed E-state index contributed by atoms with van der Waals surface area (Å²) in [5.74, 6) is -3.68. The van der Waals surface area contributed by atoms with Gasteiger partial charge >= 0.3 is 5.97 Å². The van der Waals surface area contributed by atoms with Gasteiger partial charge in [0.25, 0.3) is 0 Å². The Balaban J connectivity index is 1.66. The second-order valence-corrected chi connectivity index (χ2v) is 7.53. The Morgan fingerprint density at radius 3 is 2.48 bits per heavy atom. The van der Waals surface area contributed by atoms with Crippen LogP contribution in [0.25, 0.3) is 0 Å². The number of hydrogen-bond donors (Lipinski definition) is 0. The lowest BCUT2D eigenvalue weighted by molar-refractivity contribution is -0.216. The van der Waals surface area contributed by atoms with E-state index >= 15 is 0 Å². The van der Waals surface area contributed by atoms with Crippen molar-refractivity contribution in [2.45, 2.75) is 31.5 Å². The van der Waals surface area contributed by atoms with Gasteiger partial charge in [0, 0.05) is 31.1 Å². The zero-order valence-corrected chi connectivity index (χ0v) is 15.0. The smallest absolute Gasteiger partial charge is 0.308 e. The standard InChI is InChI=1S/C19H21F2NO5/c1-25-16(23)12-9-18(11-19(10-12)26-4-5-27-19)2-3-22(17(18)24)15-7-13(20)6-14(21)8-15/h6-8,12H,2-5,9-11H2,1H3/t12-,18+/m0/s1. The molecule has 0 aromatic heterocycles. The van der Waals surface area contributed by atoms with Crippen LogP contribution < -0.4 is 4.90 Å². The molecule has 2 aliphatic heterocycles. The maximum Gasteiger partial charge on any atom is 0.308 e. The Morgan fingerprint density at radius 2 is 1.85 bits per heavy atom. The van der Waals surface area contributed by atoms with Crippen LogP contribution in [0.5, 0.6) is 0 Å². The third-order valence-corrected chi connectivity index (χ3v) is 5.82. The minimum atomic E-state index is -0.990. The molecule has 2 heterocycles. The van der Waals surface area contributed by atoms with Gasteiger partial charge in [-0.1, -0.05) is 0 Å². The van der Waals surface area contributed by atoms with Gasteiger partial charge < -0.3 is 19.1 Å². The highest BCUT2D eigenvalue weighted by molar-refractivity contribution is 6.00. The lowest BCUT2D eigenvalue weighted by atomic mass is 9.66. The number of hydrogen-bond acceptors (Lipinski definition) is 5. The van der Waals surface area contributed by atoms with Crippen molar-refractivity contribution < 1.29 is 32.6 Å². The second-order valence-electron chi connectivity index (χ2n) is 7.53. The molecule has 0 radical (unpaired) electrons. The molecule has 0 bridgehead atoms. The van der Waals surface area contributed by atoms with Crippen molar-refractivity contribution in [3.05, 3.63) is 29.8 Å². The predicted molar refractivity (Wildman–Crippen MR) is 89.8 cm³/mol. The molecule has 2 saturated heterocycles. The Bertz CT molecular complexity index is 759. The zero-order chi connectivity index (χ0) is 19.2. The third-order valence-electron chi connectivity index (χ3n) is 5.82. The van der Waals surface area contributed by atoms with Crippen molar-refractivity contribution >= 4 is 17.6 Å². The summed E-state index contributed by atoms with van der Waals surface area (Å²) in [5.41, 5.74) is -0.707. The number of anilines is 1. The quantitative estimate of drug-likeness (QED) is 0.736. The van der Waals surface area contributed by atoms with Crippen LogP contribution in [-0.4, -0.2) is 44.5 Å². The van der Waals surface area contributed by atoms with E-state index in [-0.39, 0.29) is 11.6 Å². The Kier molecular flexibility index (Phi) is 4.43. The van der Waals surface area contributed by atoms with Gasteiger partial charge in [-0.15, -0.1) is 0 Å². The molecule has 27 heavy (non-hydrogen) atoms. The van der Waals surface area contributed by atoms with Crippen molar-refractivity contribution in [3.8, 4) is 0 Å². The summed E-state index contributed by atoms with van der Waals surface area (Å²) in [6, 6.07) is 3.04. The zero-order valence-electron chi connectivity index (χ0n) is 15.0. The van der Waals surface area contributed by atoms with Crippen LogP contribution >= 0.6 is 0 Å². The highest BCUT2D eigenvalue weighted by atomic mass is 19.1. The van der Waals surface area contributed by atoms with Crippen LogP contribution in [0.15, 0.2) is 18.2 Å². The molecule has 1 aromatic rings. The molecule has 2 atom stereocenters. The molecule has 1 aromatic carbocycles. The van der Waals surface area contributed by atoms with E-state index in [9.17, 15) is 18.4 Å². The fourth-order valence-corrected chi connectivity index (χ4v) is 4.74. The normalized spacial score (nSPS) is 29.7. The summed E-state index contributed by atoms with van der Waals surface area (Å²) in [6.07, 6.45) is 1.41. The number of ether oxygens (including phenoxy) is 3. The third kappa shape index (κ3) is 3.10. The molecule has 0 N–H and O–H groups in total. The van der Waals surface area contributed by atoms with Crippen molar-refractivity contribution in [1.82, 2.24) is 0 Å². The van der Waals surface area contributed by atoms with Crippen LogP contribution in [0.3, 0.4) is 0 Å². The number of rotatable bonds is 2. The summed E-state index contributed by atoms with van der Waals surface area (Å²) >= 11 is 0. The molecule has 3 aliphatic rings. The summed E-state index contributed by atoms with van der Waals surface area (Å²) in [6.45, 7) is 1.11. The number of methoxy groups -OCH3 is 1. The number of benzene rings is 1. The van der Waals surface area contributed by atoms with Gasteiger partial charge in [-0.3, -0.25) is 9.59 Å². The molecule has 2 spiro atoms. The molecule has 4 rings (SSSR count). The molecule has 3 fully saturated rings. The molecule has 1 amide bonds. The van der Waals surface area contributed by atoms with Crippen molar-refractivity contribution in [2.75, 3.05) is 31.8 Å². The number of esters is 1. The molecule has 1 saturated carbocycles. The Labute approximate surface area is 155 Å². The van der Waals surface area contributed by atoms with Crippen LogP contribution in [0.4, 0.5) is 14.5 Å². The topological polar surface area (TPSA) is 65.1 Å². The molecular formula is C19H21F2NO5. The first-order valence-corrected chi connectivity index (χ1v) is 9.00. The van der Waals surface area contributed by atoms with Gasteiger partial charge in [-0.25, -0.2) is 8.78 Å². The lowest BCUT2D eigenvalue weighted by Crippen LogP contribution is -2.51. The van der Waals surface area contributed by atoms with E-state index < -0.39 is 34.7 Å². The lowest BCUT2D eigenvalue weighted by Gasteiger charge is -2.44. The van der Waals surface area contributed by atoms with Gasteiger partial charge in [0.15, 0.2) is 5.79 Å². The molecule has 0 unspecified atom stereocenters. The van der Waals surface area contributed by atoms with Crippen molar-refractivity contribution in [3.63, 3.8) is 0 Å². The van der Waals surface area contributed by atoms with E-state index in [4.69, 9.17) is 14.2 Å². The predicted octanol–water partition coefficient (Wildman–Crippen LogP) is 2.40. The SMILES string of the molecule is COC(=O)[C@@H]1CC2(C[C@@]3(CCN(c4cc(F)cc(F)c4)C3=O)C1)OCCO2. The van der Waals surface area contributed by atoms with Gasteiger partial charge in [0.05, 0.1) is 31.7 Å². The Hall–Kier alpha value is -2.06. The van der Waals surface area contributed by atoms with Crippen LogP contribution in [0, 0.1) is 23.0 Å². The van der Waals surface area contributed by atoms with Crippen LogP contribution in [-0.2, 0) is 23.8 Å². The van der Waals surface area contributed by atoms with E-state index in [1.165, 1.54) is 12.0 Å². The van der Waals surface area contributed by atoms with E-state index in [1.807, 2.05) is 0 Å². The van der Waals surface area contributed by atoms with E-state index in [1.54, 1.807) is 0 Å². The average Bonchev–Trinajstić information content (AvgIpc) is 3.18. The monoisotopic (exact) mass is 381 g/mol. The number of halogens is 2. The van der Waals surface area contributed by atoms with E-state index in [0.717, 1.165) is 18.2 Å². The molecule has 1 aliphatic carbocycles. The average molecular weight is 381 g/mol. The first-order valence-electron chi connectivity index (χ1n) is 9.00. The highest BCUT2D eigenvalue weighted by Crippen LogP contribution is 2.53.